The maximum atomic E-state index is 12.3. The Balaban J connectivity index is 2.33. The van der Waals surface area contributed by atoms with Gasteiger partial charge in [-0.2, -0.15) is 0 Å². The molecule has 4 N–H and O–H groups in total. The smallest absolute Gasteiger partial charge is 0.263 e. The summed E-state index contributed by atoms with van der Waals surface area (Å²) in [7, 11) is -3.77. The number of hydrogen-bond donors (Lipinski definition) is 3. The second-order valence-corrected chi connectivity index (χ2v) is 7.16. The maximum Gasteiger partial charge on any atom is 0.263 e. The fraction of sp³-hybridized carbons (Fsp3) is 0.0833. The molecule has 0 aliphatic heterocycles. The van der Waals surface area contributed by atoms with Gasteiger partial charge in [0.2, 0.25) is 0 Å². The summed E-state index contributed by atoms with van der Waals surface area (Å²) in [6, 6.07) is 6.41. The van der Waals surface area contributed by atoms with Crippen molar-refractivity contribution in [2.75, 3.05) is 10.1 Å². The fourth-order valence-electron chi connectivity index (χ4n) is 1.60. The van der Waals surface area contributed by atoms with Gasteiger partial charge in [0.15, 0.2) is 5.82 Å². The summed E-state index contributed by atoms with van der Waals surface area (Å²) in [5.74, 6) is 5.40. The van der Waals surface area contributed by atoms with E-state index in [1.54, 1.807) is 18.2 Å². The highest BCUT2D eigenvalue weighted by Crippen LogP contribution is 2.25. The summed E-state index contributed by atoms with van der Waals surface area (Å²) < 4.78 is 27.9. The molecule has 0 spiro atoms. The lowest BCUT2D eigenvalue weighted by Gasteiger charge is -2.10. The average Bonchev–Trinajstić information content (AvgIpc) is 2.42. The highest BCUT2D eigenvalue weighted by Gasteiger charge is 2.17. The van der Waals surface area contributed by atoms with Crippen LogP contribution in [0, 0.1) is 6.92 Å². The molecule has 1 aromatic carbocycles. The molecule has 0 saturated heterocycles. The Morgan fingerprint density at radius 3 is 2.62 bits per heavy atom. The molecular weight excluding hydrogens is 380 g/mol. The Bertz CT molecular complexity index is 783. The number of nitrogen functional groups attached to an aromatic ring is 1. The van der Waals surface area contributed by atoms with E-state index >= 15 is 0 Å². The van der Waals surface area contributed by atoms with E-state index in [1.165, 1.54) is 12.3 Å². The predicted molar refractivity (Wildman–Crippen MR) is 86.7 cm³/mol. The van der Waals surface area contributed by atoms with Gasteiger partial charge >= 0.3 is 0 Å². The van der Waals surface area contributed by atoms with E-state index < -0.39 is 10.0 Å². The second kappa shape index (κ2) is 6.18. The van der Waals surface area contributed by atoms with Crippen molar-refractivity contribution in [3.05, 3.63) is 45.5 Å². The van der Waals surface area contributed by atoms with E-state index in [0.717, 1.165) is 10.0 Å². The molecule has 0 unspecified atom stereocenters. The average molecular weight is 392 g/mol. The molecule has 6 nitrogen and oxygen atoms in total. The van der Waals surface area contributed by atoms with E-state index in [0.29, 0.717) is 5.69 Å². The highest BCUT2D eigenvalue weighted by molar-refractivity contribution is 9.10. The number of nitrogens with one attached hydrogen (secondary N) is 2. The van der Waals surface area contributed by atoms with E-state index in [2.05, 4.69) is 31.1 Å². The SMILES string of the molecule is Cc1cc(NS(=O)(=O)c2cnc(NN)c(Cl)c2)ccc1Br. The van der Waals surface area contributed by atoms with Crippen molar-refractivity contribution in [2.24, 2.45) is 5.84 Å². The number of aromatic nitrogens is 1. The predicted octanol–water partition coefficient (Wildman–Crippen LogP) is 2.89. The van der Waals surface area contributed by atoms with E-state index in [1.807, 2.05) is 6.92 Å². The van der Waals surface area contributed by atoms with Gasteiger partial charge in [-0.15, -0.1) is 0 Å². The van der Waals surface area contributed by atoms with Gasteiger partial charge in [-0.3, -0.25) is 4.72 Å². The third kappa shape index (κ3) is 3.65. The van der Waals surface area contributed by atoms with Crippen LogP contribution in [-0.2, 0) is 10.0 Å². The fourth-order valence-corrected chi connectivity index (χ4v) is 3.15. The molecule has 1 aromatic heterocycles. The third-order valence-corrected chi connectivity index (χ3v) is 5.20. The Labute approximate surface area is 135 Å². The van der Waals surface area contributed by atoms with Gasteiger partial charge in [-0.1, -0.05) is 27.5 Å². The van der Waals surface area contributed by atoms with Crippen LogP contribution >= 0.6 is 27.5 Å². The molecule has 9 heteroatoms. The summed E-state index contributed by atoms with van der Waals surface area (Å²) in [5, 5.41) is 0.118. The monoisotopic (exact) mass is 390 g/mol. The van der Waals surface area contributed by atoms with Gasteiger partial charge in [0, 0.05) is 16.4 Å². The molecule has 0 aliphatic rings. The Morgan fingerprint density at radius 2 is 2.05 bits per heavy atom. The minimum absolute atomic E-state index is 0.0490. The van der Waals surface area contributed by atoms with Crippen molar-refractivity contribution in [3.8, 4) is 0 Å². The lowest BCUT2D eigenvalue weighted by molar-refractivity contribution is 0.601. The topological polar surface area (TPSA) is 97.1 Å². The molecule has 0 bridgehead atoms. The second-order valence-electron chi connectivity index (χ2n) is 4.22. The van der Waals surface area contributed by atoms with Crippen LogP contribution in [0.3, 0.4) is 0 Å². The van der Waals surface area contributed by atoms with Crippen molar-refractivity contribution in [2.45, 2.75) is 11.8 Å². The van der Waals surface area contributed by atoms with Gasteiger partial charge in [-0.25, -0.2) is 19.2 Å². The summed E-state index contributed by atoms with van der Waals surface area (Å²) in [6.45, 7) is 1.86. The molecule has 112 valence electrons. The zero-order chi connectivity index (χ0) is 15.6. The standard InChI is InChI=1S/C12H12BrClN4O2S/c1-7-4-8(2-3-10(7)13)18-21(19,20)9-5-11(14)12(17-15)16-6-9/h2-6,18H,15H2,1H3,(H,16,17). The summed E-state index contributed by atoms with van der Waals surface area (Å²) in [4.78, 5) is 3.79. The van der Waals surface area contributed by atoms with Crippen LogP contribution in [0.25, 0.3) is 0 Å². The number of hydrazine groups is 1. The van der Waals surface area contributed by atoms with Crippen LogP contribution < -0.4 is 16.0 Å². The van der Waals surface area contributed by atoms with Crippen molar-refractivity contribution in [1.29, 1.82) is 0 Å². The number of pyridine rings is 1. The first kappa shape index (κ1) is 16.0. The van der Waals surface area contributed by atoms with E-state index in [4.69, 9.17) is 17.4 Å². The van der Waals surface area contributed by atoms with Crippen LogP contribution in [0.2, 0.25) is 5.02 Å². The van der Waals surface area contributed by atoms with Crippen LogP contribution in [0.5, 0.6) is 0 Å². The van der Waals surface area contributed by atoms with Crippen molar-refractivity contribution in [1.82, 2.24) is 4.98 Å². The molecule has 21 heavy (non-hydrogen) atoms. The normalized spacial score (nSPS) is 11.2. The number of benzene rings is 1. The third-order valence-electron chi connectivity index (χ3n) is 2.67. The Hall–Kier alpha value is -1.35. The summed E-state index contributed by atoms with van der Waals surface area (Å²) in [5.41, 5.74) is 3.64. The first-order valence-electron chi connectivity index (χ1n) is 5.74. The van der Waals surface area contributed by atoms with Crippen molar-refractivity contribution >= 4 is 49.1 Å². The molecule has 2 rings (SSSR count). The number of anilines is 2. The number of aryl methyl sites for hydroxylation is 1. The first-order valence-corrected chi connectivity index (χ1v) is 8.40. The maximum absolute atomic E-state index is 12.3. The van der Waals surface area contributed by atoms with Gasteiger partial charge in [0.05, 0.1) is 5.02 Å². The number of nitrogens with two attached hydrogens (primary N) is 1. The minimum Gasteiger partial charge on any atom is -0.307 e. The van der Waals surface area contributed by atoms with Gasteiger partial charge in [-0.05, 0) is 36.8 Å². The lowest BCUT2D eigenvalue weighted by Crippen LogP contribution is -2.15. The van der Waals surface area contributed by atoms with Crippen LogP contribution in [0.4, 0.5) is 11.5 Å². The summed E-state index contributed by atoms with van der Waals surface area (Å²) >= 11 is 9.24. The molecular formula is C12H12BrClN4O2S. The molecule has 0 radical (unpaired) electrons. The summed E-state index contributed by atoms with van der Waals surface area (Å²) in [6.07, 6.45) is 1.18. The number of nitrogens with zero attached hydrogens (tertiary/aromatic N) is 1. The molecule has 1 heterocycles. The van der Waals surface area contributed by atoms with E-state index in [-0.39, 0.29) is 15.7 Å². The highest BCUT2D eigenvalue weighted by atomic mass is 79.9. The molecule has 2 aromatic rings. The quantitative estimate of drug-likeness (QED) is 0.550. The number of sulfonamides is 1. The van der Waals surface area contributed by atoms with Gasteiger partial charge in [0.25, 0.3) is 10.0 Å². The van der Waals surface area contributed by atoms with E-state index in [9.17, 15) is 8.42 Å². The molecule has 0 amide bonds. The molecule has 0 atom stereocenters. The Morgan fingerprint density at radius 1 is 1.33 bits per heavy atom. The lowest BCUT2D eigenvalue weighted by atomic mass is 10.2. The first-order chi connectivity index (χ1) is 9.83. The number of rotatable bonds is 4. The zero-order valence-electron chi connectivity index (χ0n) is 10.9. The largest absolute Gasteiger partial charge is 0.307 e. The zero-order valence-corrected chi connectivity index (χ0v) is 14.1. The molecule has 0 fully saturated rings. The van der Waals surface area contributed by atoms with Crippen LogP contribution in [0.15, 0.2) is 39.8 Å². The number of hydrogen-bond acceptors (Lipinski definition) is 5. The van der Waals surface area contributed by atoms with Crippen LogP contribution in [0.1, 0.15) is 5.56 Å². The molecule has 0 aliphatic carbocycles. The minimum atomic E-state index is -3.77. The van der Waals surface area contributed by atoms with Gasteiger partial charge in [0.1, 0.15) is 4.90 Å². The molecule has 0 saturated carbocycles. The Kier molecular flexibility index (Phi) is 4.72. The van der Waals surface area contributed by atoms with Crippen molar-refractivity contribution < 1.29 is 8.42 Å². The van der Waals surface area contributed by atoms with Crippen LogP contribution in [-0.4, -0.2) is 13.4 Å². The van der Waals surface area contributed by atoms with Crippen molar-refractivity contribution in [3.63, 3.8) is 0 Å². The number of halogens is 2. The van der Waals surface area contributed by atoms with Gasteiger partial charge < -0.3 is 5.43 Å².